The monoisotopic (exact) mass is 319 g/mol. The third-order valence-corrected chi connectivity index (χ3v) is 3.18. The maximum Gasteiger partial charge on any atom is 0.333 e. The van der Waals surface area contributed by atoms with Gasteiger partial charge in [0.25, 0.3) is 0 Å². The second-order valence-corrected chi connectivity index (χ2v) is 5.04. The lowest BCUT2D eigenvalue weighted by Gasteiger charge is -2.28. The second kappa shape index (κ2) is 6.56. The Bertz CT molecular complexity index is 858. The van der Waals surface area contributed by atoms with Gasteiger partial charge in [0, 0.05) is 5.56 Å². The lowest BCUT2D eigenvalue weighted by Crippen LogP contribution is -2.32. The first kappa shape index (κ1) is 16.6. The lowest BCUT2D eigenvalue weighted by atomic mass is 9.90. The highest BCUT2D eigenvalue weighted by atomic mass is 16.8. The average Bonchev–Trinajstić information content (AvgIpc) is 2.88. The standard InChI is InChI=1S/C17H13N5O2/c1-11(2)22-24-17(13-6-4-3-5-7-13)15(12(8-18)9-19)14(10-20)16(21)23-17/h3-7H,21H2,1-2H3/t17-/m0/s1. The van der Waals surface area contributed by atoms with Gasteiger partial charge in [-0.15, -0.1) is 0 Å². The van der Waals surface area contributed by atoms with Crippen LogP contribution in [0, 0.1) is 34.0 Å². The van der Waals surface area contributed by atoms with Crippen molar-refractivity contribution in [1.29, 1.82) is 15.8 Å². The summed E-state index contributed by atoms with van der Waals surface area (Å²) in [7, 11) is 0. The minimum atomic E-state index is -1.77. The summed E-state index contributed by atoms with van der Waals surface area (Å²) in [6.07, 6.45) is 0. The largest absolute Gasteiger partial charge is 0.426 e. The van der Waals surface area contributed by atoms with Crippen LogP contribution in [0.25, 0.3) is 0 Å². The van der Waals surface area contributed by atoms with Crippen molar-refractivity contribution in [2.75, 3.05) is 0 Å². The minimum Gasteiger partial charge on any atom is -0.426 e. The van der Waals surface area contributed by atoms with Crippen LogP contribution in [0.4, 0.5) is 0 Å². The molecule has 0 bridgehead atoms. The summed E-state index contributed by atoms with van der Waals surface area (Å²) >= 11 is 0. The summed E-state index contributed by atoms with van der Waals surface area (Å²) < 4.78 is 5.63. The molecule has 0 saturated carbocycles. The molecule has 2 rings (SSSR count). The zero-order valence-electron chi connectivity index (χ0n) is 13.1. The maximum absolute atomic E-state index is 9.39. The SMILES string of the molecule is CC(C)=NO[C@]1(c2ccccc2)OC(N)=C(C#N)C1=C(C#N)C#N. The van der Waals surface area contributed by atoms with Gasteiger partial charge in [0.15, 0.2) is 0 Å². The van der Waals surface area contributed by atoms with Crippen molar-refractivity contribution >= 4 is 5.71 Å². The van der Waals surface area contributed by atoms with Gasteiger partial charge in [-0.25, -0.2) is 0 Å². The summed E-state index contributed by atoms with van der Waals surface area (Å²) in [4.78, 5) is 5.57. The van der Waals surface area contributed by atoms with Crippen LogP contribution >= 0.6 is 0 Å². The fraction of sp³-hybridized carbons (Fsp3) is 0.176. The van der Waals surface area contributed by atoms with Crippen molar-refractivity contribution in [3.8, 4) is 18.2 Å². The number of benzene rings is 1. The summed E-state index contributed by atoms with van der Waals surface area (Å²) in [6.45, 7) is 3.41. The van der Waals surface area contributed by atoms with Crippen molar-refractivity contribution in [3.63, 3.8) is 0 Å². The predicted molar refractivity (Wildman–Crippen MR) is 84.2 cm³/mol. The molecule has 0 radical (unpaired) electrons. The van der Waals surface area contributed by atoms with Crippen LogP contribution in [0.15, 0.2) is 58.1 Å². The van der Waals surface area contributed by atoms with Gasteiger partial charge >= 0.3 is 5.79 Å². The van der Waals surface area contributed by atoms with E-state index in [2.05, 4.69) is 5.16 Å². The molecule has 0 saturated heterocycles. The Balaban J connectivity index is 2.83. The Morgan fingerprint density at radius 1 is 1.17 bits per heavy atom. The normalized spacial score (nSPS) is 18.7. The Hall–Kier alpha value is -3.76. The van der Waals surface area contributed by atoms with E-state index < -0.39 is 5.79 Å². The Kier molecular flexibility index (Phi) is 4.54. The molecular formula is C17H13N5O2. The Morgan fingerprint density at radius 2 is 1.79 bits per heavy atom. The van der Waals surface area contributed by atoms with E-state index in [0.29, 0.717) is 11.3 Å². The van der Waals surface area contributed by atoms with Gasteiger partial charge in [0.1, 0.15) is 29.4 Å². The molecule has 1 heterocycles. The second-order valence-electron chi connectivity index (χ2n) is 5.04. The summed E-state index contributed by atoms with van der Waals surface area (Å²) in [5, 5.41) is 31.9. The zero-order valence-corrected chi connectivity index (χ0v) is 13.1. The van der Waals surface area contributed by atoms with Crippen LogP contribution in [-0.2, 0) is 15.4 Å². The van der Waals surface area contributed by atoms with Crippen LogP contribution in [0.5, 0.6) is 0 Å². The smallest absolute Gasteiger partial charge is 0.333 e. The Labute approximate surface area is 139 Å². The van der Waals surface area contributed by atoms with Gasteiger partial charge in [-0.05, 0) is 13.8 Å². The van der Waals surface area contributed by atoms with Gasteiger partial charge in [-0.2, -0.15) is 15.8 Å². The van der Waals surface area contributed by atoms with Gasteiger partial charge in [0.05, 0.1) is 11.3 Å². The highest BCUT2D eigenvalue weighted by molar-refractivity contribution is 5.78. The third kappa shape index (κ3) is 2.65. The van der Waals surface area contributed by atoms with Gasteiger partial charge in [-0.1, -0.05) is 35.5 Å². The molecule has 1 aromatic carbocycles. The van der Waals surface area contributed by atoms with E-state index in [-0.39, 0.29) is 22.6 Å². The summed E-state index contributed by atoms with van der Waals surface area (Å²) in [5.74, 6) is -2.00. The van der Waals surface area contributed by atoms with E-state index in [4.69, 9.17) is 15.3 Å². The van der Waals surface area contributed by atoms with Gasteiger partial charge in [0.2, 0.25) is 5.88 Å². The van der Waals surface area contributed by atoms with Crippen LogP contribution in [0.3, 0.4) is 0 Å². The summed E-state index contributed by atoms with van der Waals surface area (Å²) in [6, 6.07) is 13.9. The van der Waals surface area contributed by atoms with E-state index in [1.54, 1.807) is 56.3 Å². The number of rotatable bonds is 3. The first-order valence-corrected chi connectivity index (χ1v) is 6.89. The molecule has 7 heteroatoms. The third-order valence-electron chi connectivity index (χ3n) is 3.18. The maximum atomic E-state index is 9.39. The molecule has 0 unspecified atom stereocenters. The molecule has 118 valence electrons. The molecule has 0 fully saturated rings. The first-order chi connectivity index (χ1) is 11.5. The van der Waals surface area contributed by atoms with Gasteiger partial charge in [-0.3, -0.25) is 0 Å². The van der Waals surface area contributed by atoms with E-state index in [9.17, 15) is 15.8 Å². The molecule has 1 aromatic rings. The molecule has 0 amide bonds. The number of hydrogen-bond acceptors (Lipinski definition) is 7. The molecule has 0 spiro atoms. The van der Waals surface area contributed by atoms with Crippen LogP contribution < -0.4 is 5.73 Å². The number of oxime groups is 1. The molecule has 7 nitrogen and oxygen atoms in total. The van der Waals surface area contributed by atoms with Crippen molar-refractivity contribution in [2.45, 2.75) is 19.6 Å². The summed E-state index contributed by atoms with van der Waals surface area (Å²) in [5.41, 5.74) is 6.31. The fourth-order valence-corrected chi connectivity index (χ4v) is 2.22. The number of nitrogens with two attached hydrogens (primary N) is 1. The lowest BCUT2D eigenvalue weighted by molar-refractivity contribution is -0.187. The van der Waals surface area contributed by atoms with Crippen molar-refractivity contribution in [2.24, 2.45) is 10.9 Å². The number of nitriles is 3. The molecule has 0 aromatic heterocycles. The van der Waals surface area contributed by atoms with E-state index in [1.165, 1.54) is 0 Å². The molecule has 24 heavy (non-hydrogen) atoms. The number of hydrogen-bond donors (Lipinski definition) is 1. The quantitative estimate of drug-likeness (QED) is 0.517. The van der Waals surface area contributed by atoms with Crippen molar-refractivity contribution in [3.05, 3.63) is 58.5 Å². The van der Waals surface area contributed by atoms with Crippen molar-refractivity contribution < 1.29 is 9.57 Å². The highest BCUT2D eigenvalue weighted by Gasteiger charge is 2.52. The number of allylic oxidation sites excluding steroid dienone is 1. The molecule has 2 N–H and O–H groups in total. The predicted octanol–water partition coefficient (Wildman–Crippen LogP) is 2.32. The van der Waals surface area contributed by atoms with E-state index >= 15 is 0 Å². The van der Waals surface area contributed by atoms with E-state index in [0.717, 1.165) is 0 Å². The van der Waals surface area contributed by atoms with Crippen LogP contribution in [0.1, 0.15) is 19.4 Å². The highest BCUT2D eigenvalue weighted by Crippen LogP contribution is 2.47. The van der Waals surface area contributed by atoms with Crippen LogP contribution in [0.2, 0.25) is 0 Å². The Morgan fingerprint density at radius 3 is 2.29 bits per heavy atom. The molecule has 1 aliphatic heterocycles. The van der Waals surface area contributed by atoms with Crippen LogP contribution in [-0.4, -0.2) is 5.71 Å². The molecule has 1 atom stereocenters. The van der Waals surface area contributed by atoms with Gasteiger partial charge < -0.3 is 15.3 Å². The van der Waals surface area contributed by atoms with E-state index in [1.807, 2.05) is 6.07 Å². The topological polar surface area (TPSA) is 128 Å². The molecular weight excluding hydrogens is 306 g/mol. The van der Waals surface area contributed by atoms with Crippen molar-refractivity contribution in [1.82, 2.24) is 0 Å². The molecule has 0 aliphatic carbocycles. The molecule has 1 aliphatic rings. The average molecular weight is 319 g/mol. The fourth-order valence-electron chi connectivity index (χ4n) is 2.22. The minimum absolute atomic E-state index is 0.0521. The number of ether oxygens (including phenoxy) is 1. The zero-order chi connectivity index (χ0) is 17.7. The first-order valence-electron chi connectivity index (χ1n) is 6.89. The number of nitrogens with zero attached hydrogens (tertiary/aromatic N) is 4.